The molecule has 162 valence electrons. The normalized spacial score (nSPS) is 17.9. The lowest BCUT2D eigenvalue weighted by atomic mass is 9.96. The van der Waals surface area contributed by atoms with E-state index in [0.29, 0.717) is 10.0 Å². The summed E-state index contributed by atoms with van der Waals surface area (Å²) in [6.45, 7) is 2.17. The molecular weight excluding hydrogens is 445 g/mol. The Kier molecular flexibility index (Phi) is 6.16. The molecule has 1 amide bonds. The molecule has 1 aromatic heterocycles. The summed E-state index contributed by atoms with van der Waals surface area (Å²) in [5.41, 5.74) is 2.94. The van der Waals surface area contributed by atoms with Crippen molar-refractivity contribution in [2.45, 2.75) is 38.4 Å². The average molecular weight is 465 g/mol. The Bertz CT molecular complexity index is 1100. The largest absolute Gasteiger partial charge is 0.363 e. The van der Waals surface area contributed by atoms with Crippen molar-refractivity contribution in [1.82, 2.24) is 15.1 Å². The van der Waals surface area contributed by atoms with Gasteiger partial charge in [0.05, 0.1) is 22.3 Å². The first-order valence-electron chi connectivity index (χ1n) is 9.74. The van der Waals surface area contributed by atoms with Gasteiger partial charge in [0.25, 0.3) is 12.3 Å². The summed E-state index contributed by atoms with van der Waals surface area (Å²) >= 11 is 11.9. The second-order valence-corrected chi connectivity index (χ2v) is 8.34. The third-order valence-electron chi connectivity index (χ3n) is 5.35. The maximum atomic E-state index is 13.8. The Morgan fingerprint density at radius 3 is 2.65 bits per heavy atom. The van der Waals surface area contributed by atoms with Crippen LogP contribution in [0.15, 0.2) is 48.7 Å². The van der Waals surface area contributed by atoms with Crippen LogP contribution in [0.1, 0.15) is 45.6 Å². The number of nitrogens with one attached hydrogen (secondary N) is 2. The number of benzene rings is 2. The van der Waals surface area contributed by atoms with E-state index in [4.69, 9.17) is 23.2 Å². The van der Waals surface area contributed by atoms with Gasteiger partial charge in [0.1, 0.15) is 17.4 Å². The van der Waals surface area contributed by atoms with Crippen LogP contribution >= 0.6 is 23.2 Å². The minimum atomic E-state index is -2.61. The fourth-order valence-corrected chi connectivity index (χ4v) is 3.96. The number of aromatic nitrogens is 2. The molecule has 1 aliphatic rings. The van der Waals surface area contributed by atoms with Crippen molar-refractivity contribution in [3.63, 3.8) is 0 Å². The van der Waals surface area contributed by atoms with Crippen LogP contribution in [0.5, 0.6) is 0 Å². The third kappa shape index (κ3) is 4.52. The number of halogens is 4. The number of fused-ring (bicyclic) bond motifs is 1. The second kappa shape index (κ2) is 8.85. The van der Waals surface area contributed by atoms with Crippen molar-refractivity contribution in [1.29, 1.82) is 0 Å². The van der Waals surface area contributed by atoms with Gasteiger partial charge in [-0.2, -0.15) is 5.10 Å². The summed E-state index contributed by atoms with van der Waals surface area (Å²) in [5, 5.41) is 10.9. The summed E-state index contributed by atoms with van der Waals surface area (Å²) in [4.78, 5) is 12.8. The number of hydrogen-bond donors (Lipinski definition) is 2. The third-order valence-corrected chi connectivity index (χ3v) is 6.09. The van der Waals surface area contributed by atoms with E-state index < -0.39 is 18.4 Å². The van der Waals surface area contributed by atoms with E-state index in [9.17, 15) is 13.6 Å². The zero-order valence-electron chi connectivity index (χ0n) is 16.6. The smallest absolute Gasteiger partial charge is 0.260 e. The SMILES string of the molecule is Cc1ccc([C@H]2C[C@H](C(F)F)n3ncc(C(=O)NCc4ccc(Cl)c(Cl)c4)c3N2)cc1. The fraction of sp³-hybridized carbons (Fsp3) is 0.273. The molecule has 2 atom stereocenters. The first-order chi connectivity index (χ1) is 14.8. The zero-order valence-corrected chi connectivity index (χ0v) is 18.1. The summed E-state index contributed by atoms with van der Waals surface area (Å²) in [5.74, 6) is -0.133. The number of aryl methyl sites for hydroxylation is 1. The van der Waals surface area contributed by atoms with Crippen LogP contribution in [0.2, 0.25) is 10.0 Å². The summed E-state index contributed by atoms with van der Waals surface area (Å²) in [7, 11) is 0. The van der Waals surface area contributed by atoms with Crippen molar-refractivity contribution in [2.24, 2.45) is 0 Å². The highest BCUT2D eigenvalue weighted by molar-refractivity contribution is 6.42. The zero-order chi connectivity index (χ0) is 22.1. The second-order valence-electron chi connectivity index (χ2n) is 7.53. The number of carbonyl (C=O) groups is 1. The van der Waals surface area contributed by atoms with Crippen LogP contribution in [-0.4, -0.2) is 22.1 Å². The molecule has 0 saturated carbocycles. The minimum Gasteiger partial charge on any atom is -0.363 e. The molecule has 5 nitrogen and oxygen atoms in total. The number of amides is 1. The number of carbonyl (C=O) groups excluding carboxylic acids is 1. The van der Waals surface area contributed by atoms with E-state index in [1.807, 2.05) is 31.2 Å². The highest BCUT2D eigenvalue weighted by Gasteiger charge is 2.36. The van der Waals surface area contributed by atoms with Crippen LogP contribution in [0.25, 0.3) is 0 Å². The molecule has 0 bridgehead atoms. The van der Waals surface area contributed by atoms with Gasteiger partial charge in [0.2, 0.25) is 0 Å². The summed E-state index contributed by atoms with van der Waals surface area (Å²) in [6, 6.07) is 11.3. The quantitative estimate of drug-likeness (QED) is 0.502. The highest BCUT2D eigenvalue weighted by Crippen LogP contribution is 2.39. The molecule has 0 spiro atoms. The number of nitrogens with zero attached hydrogens (tertiary/aromatic N) is 2. The monoisotopic (exact) mass is 464 g/mol. The predicted octanol–water partition coefficient (Wildman–Crippen LogP) is 5.79. The lowest BCUT2D eigenvalue weighted by Crippen LogP contribution is -2.32. The molecule has 0 radical (unpaired) electrons. The molecule has 0 aliphatic carbocycles. The summed E-state index contributed by atoms with van der Waals surface area (Å²) < 4.78 is 28.8. The van der Waals surface area contributed by atoms with Gasteiger partial charge in [-0.05, 0) is 36.6 Å². The van der Waals surface area contributed by atoms with Gasteiger partial charge >= 0.3 is 0 Å². The number of anilines is 1. The van der Waals surface area contributed by atoms with Crippen molar-refractivity contribution >= 4 is 34.9 Å². The molecule has 1 aliphatic heterocycles. The van der Waals surface area contributed by atoms with Crippen LogP contribution in [0.4, 0.5) is 14.6 Å². The predicted molar refractivity (Wildman–Crippen MR) is 117 cm³/mol. The van der Waals surface area contributed by atoms with Crippen molar-refractivity contribution < 1.29 is 13.6 Å². The molecule has 3 aromatic rings. The summed E-state index contributed by atoms with van der Waals surface area (Å²) in [6.07, 6.45) is -1.13. The van der Waals surface area contributed by atoms with Gasteiger partial charge in [-0.15, -0.1) is 0 Å². The van der Waals surface area contributed by atoms with Gasteiger partial charge in [0, 0.05) is 6.54 Å². The van der Waals surface area contributed by atoms with Crippen molar-refractivity contribution in [3.05, 3.63) is 81.0 Å². The Balaban J connectivity index is 1.57. The Morgan fingerprint density at radius 2 is 1.97 bits per heavy atom. The van der Waals surface area contributed by atoms with Crippen molar-refractivity contribution in [2.75, 3.05) is 5.32 Å². The van der Waals surface area contributed by atoms with Crippen LogP contribution in [0, 0.1) is 6.92 Å². The van der Waals surface area contributed by atoms with Crippen LogP contribution in [-0.2, 0) is 6.54 Å². The van der Waals surface area contributed by atoms with E-state index in [-0.39, 0.29) is 30.4 Å². The molecule has 9 heteroatoms. The molecule has 0 saturated heterocycles. The molecule has 31 heavy (non-hydrogen) atoms. The van der Waals surface area contributed by atoms with Gasteiger partial charge < -0.3 is 10.6 Å². The standard InChI is InChI=1S/C22H20Cl2F2N4O/c1-12-2-5-14(6-3-12)18-9-19(20(25)26)30-21(29-18)15(11-28-30)22(31)27-10-13-4-7-16(23)17(24)8-13/h2-8,11,18-20,29H,9-10H2,1H3,(H,27,31)/t18-,19-/m1/s1. The van der Waals surface area contributed by atoms with E-state index in [1.165, 1.54) is 10.9 Å². The van der Waals surface area contributed by atoms with Crippen LogP contribution < -0.4 is 10.6 Å². The van der Waals surface area contributed by atoms with Gasteiger partial charge in [-0.25, -0.2) is 13.5 Å². The molecule has 4 rings (SSSR count). The minimum absolute atomic E-state index is 0.166. The fourth-order valence-electron chi connectivity index (χ4n) is 3.64. The van der Waals surface area contributed by atoms with Gasteiger partial charge in [0.15, 0.2) is 0 Å². The molecule has 0 fully saturated rings. The first-order valence-corrected chi connectivity index (χ1v) is 10.5. The molecular formula is C22H20Cl2F2N4O. The van der Waals surface area contributed by atoms with E-state index in [1.54, 1.807) is 18.2 Å². The van der Waals surface area contributed by atoms with E-state index in [0.717, 1.165) is 16.7 Å². The van der Waals surface area contributed by atoms with Crippen molar-refractivity contribution in [3.8, 4) is 0 Å². The number of rotatable bonds is 5. The van der Waals surface area contributed by atoms with E-state index in [2.05, 4.69) is 15.7 Å². The maximum Gasteiger partial charge on any atom is 0.260 e. The Morgan fingerprint density at radius 1 is 1.23 bits per heavy atom. The van der Waals surface area contributed by atoms with Gasteiger partial charge in [-0.1, -0.05) is 59.1 Å². The first kappa shape index (κ1) is 21.6. The lowest BCUT2D eigenvalue weighted by molar-refractivity contribution is 0.0656. The van der Waals surface area contributed by atoms with E-state index >= 15 is 0 Å². The average Bonchev–Trinajstić information content (AvgIpc) is 3.18. The Labute approximate surface area is 188 Å². The Hall–Kier alpha value is -2.64. The molecule has 2 aromatic carbocycles. The molecule has 0 unspecified atom stereocenters. The number of hydrogen-bond acceptors (Lipinski definition) is 3. The topological polar surface area (TPSA) is 59.0 Å². The molecule has 2 N–H and O–H groups in total. The maximum absolute atomic E-state index is 13.8. The number of alkyl halides is 2. The van der Waals surface area contributed by atoms with Crippen LogP contribution in [0.3, 0.4) is 0 Å². The lowest BCUT2D eigenvalue weighted by Gasteiger charge is -2.32. The molecule has 2 heterocycles. The van der Waals surface area contributed by atoms with Gasteiger partial charge in [-0.3, -0.25) is 4.79 Å². The highest BCUT2D eigenvalue weighted by atomic mass is 35.5.